The third-order valence-corrected chi connectivity index (χ3v) is 6.22. The van der Waals surface area contributed by atoms with Gasteiger partial charge in [-0.1, -0.05) is 42.5 Å². The highest BCUT2D eigenvalue weighted by atomic mass is 32.2. The fourth-order valence-corrected chi connectivity index (χ4v) is 4.92. The number of hydrogen-bond acceptors (Lipinski definition) is 3. The van der Waals surface area contributed by atoms with Crippen LogP contribution in [0.1, 0.15) is 36.8 Å². The number of carbonyl (C=O) groups excluding carboxylic acids is 2. The van der Waals surface area contributed by atoms with Crippen LogP contribution < -0.4 is 5.32 Å². The van der Waals surface area contributed by atoms with Gasteiger partial charge < -0.3 is 10.2 Å². The van der Waals surface area contributed by atoms with Crippen molar-refractivity contribution in [3.8, 4) is 0 Å². The van der Waals surface area contributed by atoms with Crippen molar-refractivity contribution in [2.45, 2.75) is 44.1 Å². The molecule has 1 heterocycles. The Hall–Kier alpha value is -2.34. The van der Waals surface area contributed by atoms with Crippen LogP contribution in [-0.2, 0) is 16.0 Å². The number of nitrogens with one attached hydrogen (secondary N) is 1. The summed E-state index contributed by atoms with van der Waals surface area (Å²) in [6.07, 6.45) is 1.70. The van der Waals surface area contributed by atoms with Crippen LogP contribution in [0, 0.1) is 5.82 Å². The molecule has 1 N–H and O–H groups in total. The van der Waals surface area contributed by atoms with E-state index >= 15 is 0 Å². The van der Waals surface area contributed by atoms with Crippen molar-refractivity contribution < 1.29 is 14.0 Å². The Morgan fingerprint density at radius 2 is 1.96 bits per heavy atom. The lowest BCUT2D eigenvalue weighted by atomic mass is 10.1. The highest BCUT2D eigenvalue weighted by Crippen LogP contribution is 2.41. The molecule has 0 bridgehead atoms. The predicted molar refractivity (Wildman–Crippen MR) is 110 cm³/mol. The van der Waals surface area contributed by atoms with Crippen molar-refractivity contribution in [3.63, 3.8) is 0 Å². The van der Waals surface area contributed by atoms with E-state index < -0.39 is 6.04 Å². The first kappa shape index (κ1) is 20.4. The third kappa shape index (κ3) is 4.93. The number of rotatable bonds is 6. The van der Waals surface area contributed by atoms with E-state index in [0.29, 0.717) is 11.3 Å². The third-order valence-electron chi connectivity index (χ3n) is 4.90. The number of halogens is 1. The summed E-state index contributed by atoms with van der Waals surface area (Å²) in [5, 5.41) is 2.70. The maximum absolute atomic E-state index is 13.6. The molecule has 3 rings (SSSR count). The predicted octanol–water partition coefficient (Wildman–Crippen LogP) is 3.93. The summed E-state index contributed by atoms with van der Waals surface area (Å²) in [5.74, 6) is -0.180. The first-order valence-corrected chi connectivity index (χ1v) is 10.5. The number of thioether (sulfide) groups is 1. The van der Waals surface area contributed by atoms with Gasteiger partial charge in [0.2, 0.25) is 11.8 Å². The number of carbonyl (C=O) groups is 2. The number of aryl methyl sites for hydroxylation is 1. The molecule has 0 saturated carbocycles. The number of benzene rings is 2. The second-order valence-corrected chi connectivity index (χ2v) is 8.23. The van der Waals surface area contributed by atoms with E-state index in [2.05, 4.69) is 17.4 Å². The van der Waals surface area contributed by atoms with E-state index in [1.165, 1.54) is 36.4 Å². The zero-order valence-corrected chi connectivity index (χ0v) is 16.9. The molecule has 0 spiro atoms. The van der Waals surface area contributed by atoms with Gasteiger partial charge in [-0.25, -0.2) is 4.39 Å². The number of amides is 2. The van der Waals surface area contributed by atoms with Crippen molar-refractivity contribution in [1.29, 1.82) is 0 Å². The van der Waals surface area contributed by atoms with Gasteiger partial charge in [-0.15, -0.1) is 11.8 Å². The minimum Gasteiger partial charge on any atom is -0.352 e. The summed E-state index contributed by atoms with van der Waals surface area (Å²) >= 11 is 1.49. The maximum Gasteiger partial charge on any atom is 0.243 e. The van der Waals surface area contributed by atoms with Crippen molar-refractivity contribution in [1.82, 2.24) is 10.2 Å². The summed E-state index contributed by atoms with van der Waals surface area (Å²) < 4.78 is 13.6. The van der Waals surface area contributed by atoms with E-state index in [9.17, 15) is 14.0 Å². The molecule has 3 atom stereocenters. The van der Waals surface area contributed by atoms with Gasteiger partial charge in [-0.05, 0) is 43.0 Å². The molecule has 3 unspecified atom stereocenters. The van der Waals surface area contributed by atoms with Crippen LogP contribution in [0.15, 0.2) is 54.6 Å². The minimum atomic E-state index is -0.546. The molecule has 6 heteroatoms. The highest BCUT2D eigenvalue weighted by Gasteiger charge is 2.41. The molecule has 1 fully saturated rings. The van der Waals surface area contributed by atoms with Gasteiger partial charge in [0.15, 0.2) is 0 Å². The lowest BCUT2D eigenvalue weighted by Crippen LogP contribution is -2.49. The van der Waals surface area contributed by atoms with E-state index in [0.717, 1.165) is 12.8 Å². The summed E-state index contributed by atoms with van der Waals surface area (Å²) in [6, 6.07) is 15.8. The summed E-state index contributed by atoms with van der Waals surface area (Å²) in [5.41, 5.74) is 1.93. The molecule has 148 valence electrons. The van der Waals surface area contributed by atoms with Crippen molar-refractivity contribution >= 4 is 23.6 Å². The lowest BCUT2D eigenvalue weighted by Gasteiger charge is -2.28. The van der Waals surface area contributed by atoms with Crippen LogP contribution in [0.5, 0.6) is 0 Å². The Bertz CT molecular complexity index is 830. The second-order valence-electron chi connectivity index (χ2n) is 7.12. The lowest BCUT2D eigenvalue weighted by molar-refractivity contribution is -0.138. The molecule has 1 aliphatic heterocycles. The SMILES string of the molecule is CC(=O)N1C(C(=O)NC(C)CCc2ccccc2)CSC1c1cccc(F)c1. The van der Waals surface area contributed by atoms with Crippen LogP contribution in [0.2, 0.25) is 0 Å². The molecule has 2 aromatic carbocycles. The van der Waals surface area contributed by atoms with Crippen LogP contribution in [0.25, 0.3) is 0 Å². The first-order valence-electron chi connectivity index (χ1n) is 9.46. The fourth-order valence-electron chi connectivity index (χ4n) is 3.45. The second kappa shape index (κ2) is 9.24. The Morgan fingerprint density at radius 3 is 2.64 bits per heavy atom. The topological polar surface area (TPSA) is 49.4 Å². The smallest absolute Gasteiger partial charge is 0.243 e. The average Bonchev–Trinajstić information content (AvgIpc) is 3.13. The van der Waals surface area contributed by atoms with Crippen molar-refractivity contribution in [3.05, 3.63) is 71.5 Å². The summed E-state index contributed by atoms with van der Waals surface area (Å²) in [4.78, 5) is 26.7. The first-order chi connectivity index (χ1) is 13.5. The van der Waals surface area contributed by atoms with Crippen LogP contribution in [0.3, 0.4) is 0 Å². The van der Waals surface area contributed by atoms with Gasteiger partial charge >= 0.3 is 0 Å². The fraction of sp³-hybridized carbons (Fsp3) is 0.364. The van der Waals surface area contributed by atoms with E-state index in [1.54, 1.807) is 17.0 Å². The van der Waals surface area contributed by atoms with Gasteiger partial charge in [0.1, 0.15) is 17.2 Å². The highest BCUT2D eigenvalue weighted by molar-refractivity contribution is 7.99. The molecule has 2 aromatic rings. The maximum atomic E-state index is 13.6. The van der Waals surface area contributed by atoms with Crippen LogP contribution in [0.4, 0.5) is 4.39 Å². The molecule has 1 saturated heterocycles. The molecule has 4 nitrogen and oxygen atoms in total. The Morgan fingerprint density at radius 1 is 1.21 bits per heavy atom. The largest absolute Gasteiger partial charge is 0.352 e. The van der Waals surface area contributed by atoms with E-state index in [1.807, 2.05) is 25.1 Å². The van der Waals surface area contributed by atoms with Crippen LogP contribution >= 0.6 is 11.8 Å². The average molecular weight is 401 g/mol. The molecule has 28 heavy (non-hydrogen) atoms. The van der Waals surface area contributed by atoms with Gasteiger partial charge in [-0.2, -0.15) is 0 Å². The Balaban J connectivity index is 1.63. The summed E-state index contributed by atoms with van der Waals surface area (Å²) in [7, 11) is 0. The van der Waals surface area contributed by atoms with Crippen molar-refractivity contribution in [2.24, 2.45) is 0 Å². The number of nitrogens with zero attached hydrogens (tertiary/aromatic N) is 1. The molecular weight excluding hydrogens is 375 g/mol. The zero-order valence-electron chi connectivity index (χ0n) is 16.1. The van der Waals surface area contributed by atoms with Gasteiger partial charge in [0.05, 0.1) is 0 Å². The number of hydrogen-bond donors (Lipinski definition) is 1. The molecular formula is C22H25FN2O2S. The van der Waals surface area contributed by atoms with Gasteiger partial charge in [0.25, 0.3) is 0 Å². The van der Waals surface area contributed by atoms with Crippen molar-refractivity contribution in [2.75, 3.05) is 5.75 Å². The standard InChI is InChI=1S/C22H25FN2O2S/c1-15(11-12-17-7-4-3-5-8-17)24-21(27)20-14-28-22(25(20)16(2)26)18-9-6-10-19(23)13-18/h3-10,13,15,20,22H,11-12,14H2,1-2H3,(H,24,27). The Labute approximate surface area is 169 Å². The monoisotopic (exact) mass is 400 g/mol. The summed E-state index contributed by atoms with van der Waals surface area (Å²) in [6.45, 7) is 3.43. The normalized spacial score (nSPS) is 20.0. The zero-order chi connectivity index (χ0) is 20.1. The minimum absolute atomic E-state index is 0.000246. The molecule has 1 aliphatic rings. The molecule has 0 aliphatic carbocycles. The molecule has 0 radical (unpaired) electrons. The molecule has 2 amide bonds. The quantitative estimate of drug-likeness (QED) is 0.799. The van der Waals surface area contributed by atoms with Crippen LogP contribution in [-0.4, -0.2) is 34.6 Å². The van der Waals surface area contributed by atoms with Gasteiger partial charge in [0, 0.05) is 18.7 Å². The van der Waals surface area contributed by atoms with E-state index in [-0.39, 0.29) is 29.0 Å². The van der Waals surface area contributed by atoms with Gasteiger partial charge in [-0.3, -0.25) is 9.59 Å². The molecule has 0 aromatic heterocycles. The Kier molecular flexibility index (Phi) is 6.73. The van der Waals surface area contributed by atoms with E-state index in [4.69, 9.17) is 0 Å².